The summed E-state index contributed by atoms with van der Waals surface area (Å²) in [5.41, 5.74) is 6.92. The van der Waals surface area contributed by atoms with Gasteiger partial charge in [-0.2, -0.15) is 0 Å². The predicted molar refractivity (Wildman–Crippen MR) is 75.9 cm³/mol. The van der Waals surface area contributed by atoms with Gasteiger partial charge in [-0.1, -0.05) is 6.07 Å². The van der Waals surface area contributed by atoms with Crippen LogP contribution in [0.2, 0.25) is 0 Å². The minimum absolute atomic E-state index is 0.277. The van der Waals surface area contributed by atoms with Crippen LogP contribution in [0.25, 0.3) is 0 Å². The van der Waals surface area contributed by atoms with Crippen molar-refractivity contribution in [2.75, 3.05) is 12.4 Å². The summed E-state index contributed by atoms with van der Waals surface area (Å²) in [6.07, 6.45) is 1.42. The van der Waals surface area contributed by atoms with Crippen molar-refractivity contribution in [3.63, 3.8) is 0 Å². The van der Waals surface area contributed by atoms with Crippen molar-refractivity contribution in [1.29, 1.82) is 0 Å². The Balaban J connectivity index is 2.25. The van der Waals surface area contributed by atoms with E-state index in [0.29, 0.717) is 18.0 Å². The van der Waals surface area contributed by atoms with E-state index < -0.39 is 0 Å². The molecular weight excluding hydrogens is 258 g/mol. The zero-order valence-corrected chi connectivity index (χ0v) is 11.0. The van der Waals surface area contributed by atoms with E-state index >= 15 is 0 Å². The van der Waals surface area contributed by atoms with E-state index in [4.69, 9.17) is 10.5 Å². The van der Waals surface area contributed by atoms with Crippen LogP contribution < -0.4 is 21.3 Å². The summed E-state index contributed by atoms with van der Waals surface area (Å²) in [5, 5.41) is 2.70. The molecule has 0 fully saturated rings. The molecule has 20 heavy (non-hydrogen) atoms. The summed E-state index contributed by atoms with van der Waals surface area (Å²) in [4.78, 5) is 25.7. The van der Waals surface area contributed by atoms with Crippen molar-refractivity contribution in [2.24, 2.45) is 5.73 Å². The Morgan fingerprint density at radius 3 is 2.80 bits per heavy atom. The fraction of sp³-hybridized carbons (Fsp3) is 0.143. The normalized spacial score (nSPS) is 10.1. The average molecular weight is 273 g/mol. The van der Waals surface area contributed by atoms with Crippen molar-refractivity contribution in [3.05, 3.63) is 58.0 Å². The second-order valence-electron chi connectivity index (χ2n) is 4.13. The predicted octanol–water partition coefficient (Wildman–Crippen LogP) is 1.09. The number of carbonyl (C=O) groups is 1. The zero-order chi connectivity index (χ0) is 14.5. The highest BCUT2D eigenvalue weighted by Crippen LogP contribution is 2.25. The number of aromatic amines is 1. The van der Waals surface area contributed by atoms with Crippen molar-refractivity contribution < 1.29 is 9.53 Å². The van der Waals surface area contributed by atoms with Gasteiger partial charge in [0.25, 0.3) is 5.91 Å². The van der Waals surface area contributed by atoms with Gasteiger partial charge >= 0.3 is 0 Å². The third kappa shape index (κ3) is 3.04. The number of pyridine rings is 1. The maximum absolute atomic E-state index is 12.0. The largest absolute Gasteiger partial charge is 0.495 e. The molecule has 0 spiro atoms. The van der Waals surface area contributed by atoms with E-state index in [9.17, 15) is 9.59 Å². The summed E-state index contributed by atoms with van der Waals surface area (Å²) in [5.74, 6) is 0.140. The molecule has 0 aliphatic heterocycles. The highest BCUT2D eigenvalue weighted by molar-refractivity contribution is 6.04. The van der Waals surface area contributed by atoms with E-state index in [1.54, 1.807) is 18.2 Å². The van der Waals surface area contributed by atoms with Gasteiger partial charge in [0.2, 0.25) is 5.56 Å². The van der Waals surface area contributed by atoms with Crippen molar-refractivity contribution >= 4 is 11.6 Å². The molecule has 0 atom stereocenters. The number of hydrogen-bond acceptors (Lipinski definition) is 4. The lowest BCUT2D eigenvalue weighted by Crippen LogP contribution is -2.16. The van der Waals surface area contributed by atoms with Crippen molar-refractivity contribution in [2.45, 2.75) is 6.54 Å². The summed E-state index contributed by atoms with van der Waals surface area (Å²) < 4.78 is 5.21. The molecule has 0 unspecified atom stereocenters. The van der Waals surface area contributed by atoms with Crippen LogP contribution >= 0.6 is 0 Å². The first-order chi connectivity index (χ1) is 9.63. The van der Waals surface area contributed by atoms with Gasteiger partial charge in [-0.15, -0.1) is 0 Å². The number of rotatable bonds is 4. The Morgan fingerprint density at radius 2 is 2.15 bits per heavy atom. The standard InChI is InChI=1S/C14H15N3O3/c1-20-12-6-9(8-15)2-3-11(12)17-14(19)10-4-5-16-13(18)7-10/h2-7H,8,15H2,1H3,(H,16,18)(H,17,19). The molecule has 0 aliphatic rings. The molecule has 0 saturated heterocycles. The Hall–Kier alpha value is -2.60. The maximum atomic E-state index is 12.0. The minimum atomic E-state index is -0.380. The fourth-order valence-corrected chi connectivity index (χ4v) is 1.75. The number of nitrogens with two attached hydrogens (primary N) is 1. The van der Waals surface area contributed by atoms with Crippen LogP contribution in [-0.2, 0) is 6.54 Å². The second kappa shape index (κ2) is 6.03. The van der Waals surface area contributed by atoms with Gasteiger partial charge in [0.05, 0.1) is 12.8 Å². The maximum Gasteiger partial charge on any atom is 0.256 e. The Labute approximate surface area is 115 Å². The van der Waals surface area contributed by atoms with Crippen molar-refractivity contribution in [1.82, 2.24) is 4.98 Å². The minimum Gasteiger partial charge on any atom is -0.495 e. The average Bonchev–Trinajstić information content (AvgIpc) is 2.47. The first-order valence-electron chi connectivity index (χ1n) is 6.01. The molecule has 0 saturated carbocycles. The van der Waals surface area contributed by atoms with Gasteiger partial charge in [-0.25, -0.2) is 0 Å². The Morgan fingerprint density at radius 1 is 1.35 bits per heavy atom. The SMILES string of the molecule is COc1cc(CN)ccc1NC(=O)c1cc[nH]c(=O)c1. The first kappa shape index (κ1) is 13.8. The van der Waals surface area contributed by atoms with Crippen LogP contribution in [0.4, 0.5) is 5.69 Å². The van der Waals surface area contributed by atoms with E-state index in [0.717, 1.165) is 5.56 Å². The van der Waals surface area contributed by atoms with Gasteiger partial charge in [0.1, 0.15) is 5.75 Å². The number of methoxy groups -OCH3 is 1. The third-order valence-electron chi connectivity index (χ3n) is 2.79. The topological polar surface area (TPSA) is 97.2 Å². The lowest BCUT2D eigenvalue weighted by molar-refractivity contribution is 0.102. The molecule has 1 amide bonds. The molecule has 4 N–H and O–H groups in total. The van der Waals surface area contributed by atoms with E-state index in [2.05, 4.69) is 10.3 Å². The van der Waals surface area contributed by atoms with Crippen LogP contribution in [0, 0.1) is 0 Å². The van der Waals surface area contributed by atoms with Crippen LogP contribution in [0.1, 0.15) is 15.9 Å². The number of benzene rings is 1. The van der Waals surface area contributed by atoms with Crippen LogP contribution in [0.5, 0.6) is 5.75 Å². The number of amides is 1. The van der Waals surface area contributed by atoms with Gasteiger partial charge in [0.15, 0.2) is 0 Å². The van der Waals surface area contributed by atoms with Gasteiger partial charge in [-0.05, 0) is 23.8 Å². The summed E-state index contributed by atoms with van der Waals surface area (Å²) in [6, 6.07) is 8.03. The monoisotopic (exact) mass is 273 g/mol. The molecule has 0 aliphatic carbocycles. The van der Waals surface area contributed by atoms with Crippen LogP contribution in [-0.4, -0.2) is 18.0 Å². The lowest BCUT2D eigenvalue weighted by atomic mass is 10.1. The molecule has 6 heteroatoms. The van der Waals surface area contributed by atoms with E-state index in [1.807, 2.05) is 0 Å². The van der Waals surface area contributed by atoms with Gasteiger partial charge in [0, 0.05) is 24.4 Å². The van der Waals surface area contributed by atoms with Crippen LogP contribution in [0.3, 0.4) is 0 Å². The Bertz CT molecular complexity index is 679. The van der Waals surface area contributed by atoms with E-state index in [-0.39, 0.29) is 17.0 Å². The smallest absolute Gasteiger partial charge is 0.256 e. The number of ether oxygens (including phenoxy) is 1. The molecule has 1 aromatic carbocycles. The summed E-state index contributed by atoms with van der Waals surface area (Å²) in [7, 11) is 1.51. The van der Waals surface area contributed by atoms with E-state index in [1.165, 1.54) is 25.4 Å². The molecule has 1 aromatic heterocycles. The molecular formula is C14H15N3O3. The molecule has 0 bridgehead atoms. The number of nitrogens with one attached hydrogen (secondary N) is 2. The fourth-order valence-electron chi connectivity index (χ4n) is 1.75. The zero-order valence-electron chi connectivity index (χ0n) is 11.0. The molecule has 104 valence electrons. The molecule has 6 nitrogen and oxygen atoms in total. The molecule has 2 rings (SSSR count). The highest BCUT2D eigenvalue weighted by Gasteiger charge is 2.10. The number of carbonyl (C=O) groups excluding carboxylic acids is 1. The van der Waals surface area contributed by atoms with Gasteiger partial charge in [-0.3, -0.25) is 9.59 Å². The summed E-state index contributed by atoms with van der Waals surface area (Å²) >= 11 is 0. The number of aromatic nitrogens is 1. The lowest BCUT2D eigenvalue weighted by Gasteiger charge is -2.11. The third-order valence-corrected chi connectivity index (χ3v) is 2.79. The van der Waals surface area contributed by atoms with Crippen LogP contribution in [0.15, 0.2) is 41.3 Å². The number of H-pyrrole nitrogens is 1. The number of hydrogen-bond donors (Lipinski definition) is 3. The molecule has 1 heterocycles. The van der Waals surface area contributed by atoms with Gasteiger partial charge < -0.3 is 20.8 Å². The second-order valence-corrected chi connectivity index (χ2v) is 4.13. The quantitative estimate of drug-likeness (QED) is 0.776. The number of anilines is 1. The Kier molecular flexibility index (Phi) is 4.17. The molecule has 2 aromatic rings. The highest BCUT2D eigenvalue weighted by atomic mass is 16.5. The van der Waals surface area contributed by atoms with Crippen molar-refractivity contribution in [3.8, 4) is 5.75 Å². The summed E-state index contributed by atoms with van der Waals surface area (Å²) in [6.45, 7) is 0.388. The first-order valence-corrected chi connectivity index (χ1v) is 6.01. The molecule has 0 radical (unpaired) electrons.